The number of benzene rings is 10. The highest BCUT2D eigenvalue weighted by Crippen LogP contribution is 2.45. The van der Waals surface area contributed by atoms with Gasteiger partial charge in [0.25, 0.3) is 0 Å². The van der Waals surface area contributed by atoms with Gasteiger partial charge in [-0.2, -0.15) is 0 Å². The smallest absolute Gasteiger partial charge is 0.143 e. The van der Waals surface area contributed by atoms with Crippen molar-refractivity contribution in [2.45, 2.75) is 0 Å². The number of anilines is 3. The van der Waals surface area contributed by atoms with Crippen LogP contribution in [0.4, 0.5) is 17.1 Å². The molecule has 10 aromatic carbocycles. The van der Waals surface area contributed by atoms with Crippen molar-refractivity contribution >= 4 is 49.8 Å². The summed E-state index contributed by atoms with van der Waals surface area (Å²) in [4.78, 5) is 2.40. The van der Waals surface area contributed by atoms with Crippen molar-refractivity contribution in [2.24, 2.45) is 0 Å². The molecule has 2 nitrogen and oxygen atoms in total. The van der Waals surface area contributed by atoms with E-state index in [0.29, 0.717) is 0 Å². The van der Waals surface area contributed by atoms with Gasteiger partial charge in [0.1, 0.15) is 11.2 Å². The molecule has 2 heteroatoms. The second-order valence-corrected chi connectivity index (χ2v) is 15.3. The third kappa shape index (κ3) is 6.51. The first kappa shape index (κ1) is 35.2. The lowest BCUT2D eigenvalue weighted by Gasteiger charge is -2.29. The summed E-state index contributed by atoms with van der Waals surface area (Å²) in [6.45, 7) is 0. The van der Waals surface area contributed by atoms with E-state index >= 15 is 0 Å². The van der Waals surface area contributed by atoms with Gasteiger partial charge >= 0.3 is 0 Å². The molecule has 0 aliphatic heterocycles. The molecule has 0 radical (unpaired) electrons. The Bertz CT molecular complexity index is 3270. The zero-order valence-corrected chi connectivity index (χ0v) is 32.9. The molecular weight excluding hydrogens is 727 g/mol. The van der Waals surface area contributed by atoms with E-state index in [0.717, 1.165) is 66.8 Å². The maximum Gasteiger partial charge on any atom is 0.143 e. The number of furan rings is 1. The summed E-state index contributed by atoms with van der Waals surface area (Å²) in [7, 11) is 0. The number of hydrogen-bond acceptors (Lipinski definition) is 2. The van der Waals surface area contributed by atoms with Gasteiger partial charge in [-0.15, -0.1) is 0 Å². The monoisotopic (exact) mass is 765 g/mol. The van der Waals surface area contributed by atoms with Gasteiger partial charge in [-0.05, 0) is 97.7 Å². The zero-order valence-electron chi connectivity index (χ0n) is 32.9. The zero-order chi connectivity index (χ0) is 39.8. The predicted molar refractivity (Wildman–Crippen MR) is 253 cm³/mol. The Morgan fingerprint density at radius 2 is 0.767 bits per heavy atom. The van der Waals surface area contributed by atoms with E-state index in [-0.39, 0.29) is 0 Å². The van der Waals surface area contributed by atoms with Crippen LogP contribution in [0, 0.1) is 0 Å². The summed E-state index contributed by atoms with van der Waals surface area (Å²) in [6.07, 6.45) is 0. The van der Waals surface area contributed by atoms with Crippen LogP contribution in [0.15, 0.2) is 241 Å². The van der Waals surface area contributed by atoms with Crippen LogP contribution in [0.2, 0.25) is 0 Å². The van der Waals surface area contributed by atoms with Crippen molar-refractivity contribution in [2.75, 3.05) is 4.90 Å². The van der Waals surface area contributed by atoms with Crippen molar-refractivity contribution in [3.05, 3.63) is 237 Å². The van der Waals surface area contributed by atoms with Crippen LogP contribution in [0.1, 0.15) is 0 Å². The van der Waals surface area contributed by atoms with Crippen LogP contribution in [0.25, 0.3) is 88.3 Å². The van der Waals surface area contributed by atoms with Gasteiger partial charge in [0.2, 0.25) is 0 Å². The summed E-state index contributed by atoms with van der Waals surface area (Å²) in [5, 5.41) is 4.72. The van der Waals surface area contributed by atoms with E-state index in [9.17, 15) is 0 Å². The first-order chi connectivity index (χ1) is 29.7. The molecule has 11 rings (SSSR count). The van der Waals surface area contributed by atoms with Crippen LogP contribution < -0.4 is 4.90 Å². The Morgan fingerprint density at radius 3 is 1.47 bits per heavy atom. The van der Waals surface area contributed by atoms with Crippen LogP contribution in [-0.2, 0) is 0 Å². The molecule has 0 N–H and O–H groups in total. The second kappa shape index (κ2) is 15.1. The average Bonchev–Trinajstić information content (AvgIpc) is 3.72. The van der Waals surface area contributed by atoms with E-state index in [1.807, 2.05) is 12.1 Å². The average molecular weight is 766 g/mol. The molecule has 0 spiro atoms. The van der Waals surface area contributed by atoms with Gasteiger partial charge in [-0.3, -0.25) is 0 Å². The molecule has 282 valence electrons. The quantitative estimate of drug-likeness (QED) is 0.153. The summed E-state index contributed by atoms with van der Waals surface area (Å²) < 4.78 is 6.47. The fourth-order valence-corrected chi connectivity index (χ4v) is 8.61. The number of hydrogen-bond donors (Lipinski definition) is 0. The first-order valence-corrected chi connectivity index (χ1v) is 20.5. The van der Waals surface area contributed by atoms with Crippen molar-refractivity contribution in [1.29, 1.82) is 0 Å². The summed E-state index contributed by atoms with van der Waals surface area (Å²) in [6, 6.07) is 84.9. The highest BCUT2D eigenvalue weighted by atomic mass is 16.3. The number of para-hydroxylation sites is 2. The molecule has 0 amide bonds. The molecule has 11 aromatic rings. The maximum atomic E-state index is 6.47. The van der Waals surface area contributed by atoms with Crippen LogP contribution in [0.5, 0.6) is 0 Å². The van der Waals surface area contributed by atoms with Gasteiger partial charge in [0.05, 0.1) is 5.69 Å². The summed E-state index contributed by atoms with van der Waals surface area (Å²) >= 11 is 0. The summed E-state index contributed by atoms with van der Waals surface area (Å²) in [5.74, 6) is 0. The SMILES string of the molecule is c1ccc(-c2ccc(-c3ccc(N(c4ccc(-c5cccc6c5oc5ccccc56)cc4)c4cc(-c5ccc6ccccc6c5)ccc4-c4ccccc4)cc3)cc2)cc1. The minimum Gasteiger partial charge on any atom is -0.455 e. The number of nitrogens with zero attached hydrogens (tertiary/aromatic N) is 1. The Hall–Kier alpha value is -7.94. The Balaban J connectivity index is 1.05. The highest BCUT2D eigenvalue weighted by Gasteiger charge is 2.20. The van der Waals surface area contributed by atoms with E-state index in [1.54, 1.807) is 0 Å². The molecule has 1 heterocycles. The lowest BCUT2D eigenvalue weighted by molar-refractivity contribution is 0.670. The minimum atomic E-state index is 0.901. The van der Waals surface area contributed by atoms with Crippen molar-refractivity contribution in [3.8, 4) is 55.6 Å². The van der Waals surface area contributed by atoms with Gasteiger partial charge < -0.3 is 9.32 Å². The van der Waals surface area contributed by atoms with Gasteiger partial charge in [0, 0.05) is 33.3 Å². The largest absolute Gasteiger partial charge is 0.455 e. The Morgan fingerprint density at radius 1 is 0.283 bits per heavy atom. The molecule has 60 heavy (non-hydrogen) atoms. The molecule has 0 atom stereocenters. The Labute approximate surface area is 349 Å². The minimum absolute atomic E-state index is 0.901. The van der Waals surface area contributed by atoms with Crippen molar-refractivity contribution in [3.63, 3.8) is 0 Å². The normalized spacial score (nSPS) is 11.3. The standard InChI is InChI=1S/C58H39NO/c1-3-12-40(13-4-1)42-22-24-43(25-23-42)44-28-33-50(34-29-44)59(51-35-30-46(31-36-51)53-19-11-20-55-54-18-9-10-21-57(54)60-58(53)55)56-39-49(32-37-52(56)45-15-5-2-6-16-45)48-27-26-41-14-7-8-17-47(41)38-48/h1-39H. The molecule has 0 saturated carbocycles. The molecule has 1 aromatic heterocycles. The fourth-order valence-electron chi connectivity index (χ4n) is 8.61. The predicted octanol–water partition coefficient (Wildman–Crippen LogP) is 16.5. The van der Waals surface area contributed by atoms with E-state index in [2.05, 4.69) is 229 Å². The Kier molecular flexibility index (Phi) is 8.87. The van der Waals surface area contributed by atoms with Crippen LogP contribution in [0.3, 0.4) is 0 Å². The first-order valence-electron chi connectivity index (χ1n) is 20.5. The number of rotatable bonds is 8. The molecular formula is C58H39NO. The van der Waals surface area contributed by atoms with E-state index in [4.69, 9.17) is 4.42 Å². The molecule has 0 saturated heterocycles. The van der Waals surface area contributed by atoms with Gasteiger partial charge in [-0.25, -0.2) is 0 Å². The lowest BCUT2D eigenvalue weighted by Crippen LogP contribution is -2.11. The molecule has 0 unspecified atom stereocenters. The second-order valence-electron chi connectivity index (χ2n) is 15.3. The highest BCUT2D eigenvalue weighted by molar-refractivity contribution is 6.09. The van der Waals surface area contributed by atoms with Crippen molar-refractivity contribution < 1.29 is 4.42 Å². The van der Waals surface area contributed by atoms with Gasteiger partial charge in [0.15, 0.2) is 0 Å². The fraction of sp³-hybridized carbons (Fsp3) is 0. The lowest BCUT2D eigenvalue weighted by atomic mass is 9.95. The molecule has 0 fully saturated rings. The maximum absolute atomic E-state index is 6.47. The van der Waals surface area contributed by atoms with E-state index in [1.165, 1.54) is 38.6 Å². The third-order valence-electron chi connectivity index (χ3n) is 11.7. The van der Waals surface area contributed by atoms with Gasteiger partial charge in [-0.1, -0.05) is 194 Å². The summed E-state index contributed by atoms with van der Waals surface area (Å²) in [5.41, 5.74) is 16.6. The van der Waals surface area contributed by atoms with Crippen molar-refractivity contribution in [1.82, 2.24) is 0 Å². The van der Waals surface area contributed by atoms with Crippen LogP contribution >= 0.6 is 0 Å². The topological polar surface area (TPSA) is 16.4 Å². The molecule has 0 aliphatic carbocycles. The van der Waals surface area contributed by atoms with E-state index < -0.39 is 0 Å². The molecule has 0 aliphatic rings. The number of fused-ring (bicyclic) bond motifs is 4. The molecule has 0 bridgehead atoms. The van der Waals surface area contributed by atoms with Crippen LogP contribution in [-0.4, -0.2) is 0 Å². The third-order valence-corrected chi connectivity index (χ3v) is 11.7.